The van der Waals surface area contributed by atoms with Crippen LogP contribution in [-0.4, -0.2) is 71.8 Å². The maximum absolute atomic E-state index is 13.7. The predicted molar refractivity (Wildman–Crippen MR) is 164 cm³/mol. The zero-order valence-electron chi connectivity index (χ0n) is 24.6. The first-order chi connectivity index (χ1) is 21.4. The van der Waals surface area contributed by atoms with E-state index in [1.54, 1.807) is 4.90 Å². The van der Waals surface area contributed by atoms with Crippen LogP contribution in [0.5, 0.6) is 0 Å². The van der Waals surface area contributed by atoms with Gasteiger partial charge in [0.2, 0.25) is 11.8 Å². The van der Waals surface area contributed by atoms with Gasteiger partial charge in [-0.25, -0.2) is 0 Å². The van der Waals surface area contributed by atoms with Gasteiger partial charge in [0.25, 0.3) is 11.8 Å². The van der Waals surface area contributed by atoms with Crippen molar-refractivity contribution in [2.24, 2.45) is 0 Å². The normalized spacial score (nSPS) is 21.1. The molecule has 3 aromatic carbocycles. The molecule has 1 N–H and O–H groups in total. The Bertz CT molecular complexity index is 1600. The number of carbonyl (C=O) groups is 4. The Labute approximate surface area is 256 Å². The molecule has 4 amide bonds. The summed E-state index contributed by atoms with van der Waals surface area (Å²) in [4.78, 5) is 56.6. The van der Waals surface area contributed by atoms with Gasteiger partial charge in [0.1, 0.15) is 6.04 Å². The molecular formula is C35H36N4O5. The molecule has 0 radical (unpaired) electrons. The molecule has 3 saturated heterocycles. The minimum Gasteiger partial charge on any atom is -0.377 e. The second-order valence-electron chi connectivity index (χ2n) is 12.3. The number of anilines is 1. The quantitative estimate of drug-likeness (QED) is 0.419. The maximum atomic E-state index is 13.7. The van der Waals surface area contributed by atoms with Crippen LogP contribution in [0.25, 0.3) is 0 Å². The molecule has 0 spiro atoms. The smallest absolute Gasteiger partial charge is 0.258 e. The number of imide groups is 1. The van der Waals surface area contributed by atoms with Gasteiger partial charge in [-0.05, 0) is 85.3 Å². The number of rotatable bonds is 7. The lowest BCUT2D eigenvalue weighted by molar-refractivity contribution is -0.136. The highest BCUT2D eigenvalue weighted by molar-refractivity contribution is 6.07. The minimum atomic E-state index is -0.596. The summed E-state index contributed by atoms with van der Waals surface area (Å²) in [6.45, 7) is 4.17. The third kappa shape index (κ3) is 5.53. The Morgan fingerprint density at radius 1 is 0.909 bits per heavy atom. The first-order valence-corrected chi connectivity index (χ1v) is 15.5. The number of carbonyl (C=O) groups excluding carboxylic acids is 4. The topological polar surface area (TPSA) is 99.3 Å². The molecule has 1 unspecified atom stereocenters. The van der Waals surface area contributed by atoms with Crippen LogP contribution in [0.15, 0.2) is 72.8 Å². The van der Waals surface area contributed by atoms with Crippen molar-refractivity contribution in [2.45, 2.75) is 56.8 Å². The maximum Gasteiger partial charge on any atom is 0.258 e. The van der Waals surface area contributed by atoms with Gasteiger partial charge in [0.05, 0.1) is 19.3 Å². The van der Waals surface area contributed by atoms with E-state index >= 15 is 0 Å². The Morgan fingerprint density at radius 3 is 2.43 bits per heavy atom. The van der Waals surface area contributed by atoms with E-state index in [1.165, 1.54) is 5.56 Å². The van der Waals surface area contributed by atoms with E-state index in [0.29, 0.717) is 43.2 Å². The molecule has 44 heavy (non-hydrogen) atoms. The van der Waals surface area contributed by atoms with Gasteiger partial charge in [-0.1, -0.05) is 42.5 Å². The van der Waals surface area contributed by atoms with Gasteiger partial charge in [0.15, 0.2) is 0 Å². The number of nitrogens with one attached hydrogen (secondary N) is 1. The molecule has 3 aromatic rings. The molecular weight excluding hydrogens is 556 g/mol. The molecule has 0 aliphatic carbocycles. The molecule has 7 rings (SSSR count). The van der Waals surface area contributed by atoms with Crippen molar-refractivity contribution in [1.82, 2.24) is 15.1 Å². The number of nitrogens with zero attached hydrogens (tertiary/aromatic N) is 3. The Hall–Kier alpha value is -4.34. The second-order valence-corrected chi connectivity index (χ2v) is 12.3. The van der Waals surface area contributed by atoms with Crippen LogP contribution in [0.3, 0.4) is 0 Å². The van der Waals surface area contributed by atoms with E-state index in [0.717, 1.165) is 49.3 Å². The fourth-order valence-corrected chi connectivity index (χ4v) is 6.93. The number of hydrogen-bond donors (Lipinski definition) is 1. The van der Waals surface area contributed by atoms with Crippen molar-refractivity contribution >= 4 is 29.3 Å². The lowest BCUT2D eigenvalue weighted by atomic mass is 9.87. The number of piperidine rings is 2. The molecule has 0 aromatic heterocycles. The van der Waals surface area contributed by atoms with Crippen LogP contribution in [0.1, 0.15) is 69.0 Å². The first kappa shape index (κ1) is 28.4. The monoisotopic (exact) mass is 592 g/mol. The molecule has 9 nitrogen and oxygen atoms in total. The fraction of sp³-hybridized carbons (Fsp3) is 0.371. The van der Waals surface area contributed by atoms with E-state index in [2.05, 4.69) is 28.4 Å². The minimum absolute atomic E-state index is 0.00341. The van der Waals surface area contributed by atoms with Crippen LogP contribution < -0.4 is 10.2 Å². The van der Waals surface area contributed by atoms with Gasteiger partial charge in [-0.15, -0.1) is 0 Å². The molecule has 3 fully saturated rings. The summed E-state index contributed by atoms with van der Waals surface area (Å²) >= 11 is 0. The molecule has 0 bridgehead atoms. The molecule has 0 saturated carbocycles. The zero-order valence-corrected chi connectivity index (χ0v) is 24.6. The highest BCUT2D eigenvalue weighted by atomic mass is 16.5. The average molecular weight is 593 g/mol. The zero-order chi connectivity index (χ0) is 30.2. The van der Waals surface area contributed by atoms with Crippen molar-refractivity contribution in [3.8, 4) is 0 Å². The van der Waals surface area contributed by atoms with Crippen molar-refractivity contribution in [3.63, 3.8) is 0 Å². The van der Waals surface area contributed by atoms with E-state index in [1.807, 2.05) is 59.5 Å². The highest BCUT2D eigenvalue weighted by Gasteiger charge is 2.39. The summed E-state index contributed by atoms with van der Waals surface area (Å²) in [5, 5.41) is 2.37. The van der Waals surface area contributed by atoms with Gasteiger partial charge in [0, 0.05) is 36.3 Å². The number of hydrogen-bond acceptors (Lipinski definition) is 6. The van der Waals surface area contributed by atoms with E-state index in [9.17, 15) is 19.2 Å². The summed E-state index contributed by atoms with van der Waals surface area (Å²) < 4.78 is 5.41. The second kappa shape index (κ2) is 12.0. The van der Waals surface area contributed by atoms with Gasteiger partial charge < -0.3 is 14.5 Å². The first-order valence-electron chi connectivity index (χ1n) is 15.5. The third-order valence-electron chi connectivity index (χ3n) is 9.43. The third-order valence-corrected chi connectivity index (χ3v) is 9.43. The van der Waals surface area contributed by atoms with Gasteiger partial charge >= 0.3 is 0 Å². The Morgan fingerprint density at radius 2 is 1.70 bits per heavy atom. The number of para-hydroxylation sites is 1. The van der Waals surface area contributed by atoms with Gasteiger partial charge in [-0.3, -0.25) is 29.4 Å². The predicted octanol–water partition coefficient (Wildman–Crippen LogP) is 3.87. The van der Waals surface area contributed by atoms with E-state index in [4.69, 9.17) is 4.74 Å². The summed E-state index contributed by atoms with van der Waals surface area (Å²) in [7, 11) is 0. The van der Waals surface area contributed by atoms with Gasteiger partial charge in [-0.2, -0.15) is 0 Å². The Balaban J connectivity index is 0.976. The molecule has 4 heterocycles. The van der Waals surface area contributed by atoms with Crippen molar-refractivity contribution in [2.75, 3.05) is 31.2 Å². The lowest BCUT2D eigenvalue weighted by Gasteiger charge is -2.37. The number of fused-ring (bicyclic) bond motifs is 1. The van der Waals surface area contributed by atoms with Crippen LogP contribution in [0.4, 0.5) is 5.69 Å². The molecule has 226 valence electrons. The molecule has 9 heteroatoms. The van der Waals surface area contributed by atoms with E-state index < -0.39 is 6.04 Å². The number of amides is 4. The fourth-order valence-electron chi connectivity index (χ4n) is 6.93. The van der Waals surface area contributed by atoms with Crippen molar-refractivity contribution in [3.05, 3.63) is 101 Å². The summed E-state index contributed by atoms with van der Waals surface area (Å²) in [6, 6.07) is 23.3. The molecule has 4 aliphatic heterocycles. The molecule has 4 aliphatic rings. The van der Waals surface area contributed by atoms with Crippen LogP contribution >= 0.6 is 0 Å². The number of ether oxygens (including phenoxy) is 1. The molecule has 1 atom stereocenters. The van der Waals surface area contributed by atoms with Crippen LogP contribution in [0.2, 0.25) is 0 Å². The SMILES string of the molecule is O=C1CCC(N2Cc3cc(C4CCN(Cc5cccc(C(=O)N(c6ccccc6)C6COC6)c5)CC4)ccc3C2=O)C(=O)N1. The number of benzene rings is 3. The summed E-state index contributed by atoms with van der Waals surface area (Å²) in [5.74, 6) is -0.403. The largest absolute Gasteiger partial charge is 0.377 e. The summed E-state index contributed by atoms with van der Waals surface area (Å²) in [5.41, 5.74) is 5.54. The van der Waals surface area contributed by atoms with Crippen molar-refractivity contribution < 1.29 is 23.9 Å². The number of likely N-dealkylation sites (tertiary alicyclic amines) is 1. The average Bonchev–Trinajstić information content (AvgIpc) is 3.34. The highest BCUT2D eigenvalue weighted by Crippen LogP contribution is 2.34. The Kier molecular flexibility index (Phi) is 7.74. The summed E-state index contributed by atoms with van der Waals surface area (Å²) in [6.07, 6.45) is 2.63. The van der Waals surface area contributed by atoms with Crippen molar-refractivity contribution in [1.29, 1.82) is 0 Å². The van der Waals surface area contributed by atoms with Crippen LogP contribution in [-0.2, 0) is 27.4 Å². The standard InChI is InChI=1S/C35H36N4O5/c40-32-12-11-31(33(41)36-32)38-20-27-18-25(9-10-30(27)35(38)43)24-13-15-37(16-14-24)19-23-5-4-6-26(17-23)34(42)39(29-21-44-22-29)28-7-2-1-3-8-28/h1-10,17-18,24,29,31H,11-16,19-22H2,(H,36,40,41). The van der Waals surface area contributed by atoms with E-state index in [-0.39, 0.29) is 36.1 Å². The van der Waals surface area contributed by atoms with Crippen LogP contribution in [0, 0.1) is 0 Å². The lowest BCUT2D eigenvalue weighted by Crippen LogP contribution is -2.52.